The van der Waals surface area contributed by atoms with Crippen LogP contribution in [0, 0.1) is 0 Å². The quantitative estimate of drug-likeness (QED) is 0.795. The monoisotopic (exact) mass is 348 g/mol. The molecule has 1 atom stereocenters. The lowest BCUT2D eigenvalue weighted by Gasteiger charge is -2.22. The number of hydrogen-bond acceptors (Lipinski definition) is 3. The third kappa shape index (κ3) is 5.20. The van der Waals surface area contributed by atoms with Gasteiger partial charge in [0.15, 0.2) is 0 Å². The zero-order chi connectivity index (χ0) is 14.5. The van der Waals surface area contributed by atoms with Crippen molar-refractivity contribution in [2.24, 2.45) is 0 Å². The van der Waals surface area contributed by atoms with Crippen LogP contribution >= 0.6 is 27.7 Å². The highest BCUT2D eigenvalue weighted by Crippen LogP contribution is 2.16. The minimum absolute atomic E-state index is 0.152. The number of aliphatic hydroxyl groups is 1. The van der Waals surface area contributed by atoms with Gasteiger partial charge in [0.1, 0.15) is 5.69 Å². The fourth-order valence-electron chi connectivity index (χ4n) is 1.81. The van der Waals surface area contributed by atoms with Gasteiger partial charge < -0.3 is 15.0 Å². The van der Waals surface area contributed by atoms with Gasteiger partial charge in [-0.05, 0) is 41.6 Å². The number of rotatable bonds is 7. The molecule has 108 valence electrons. The summed E-state index contributed by atoms with van der Waals surface area (Å²) in [6.07, 6.45) is 4.80. The van der Waals surface area contributed by atoms with Crippen LogP contribution in [0.15, 0.2) is 16.7 Å². The van der Waals surface area contributed by atoms with Gasteiger partial charge >= 0.3 is 0 Å². The highest BCUT2D eigenvalue weighted by atomic mass is 79.9. The van der Waals surface area contributed by atoms with Crippen LogP contribution in [-0.2, 0) is 6.54 Å². The summed E-state index contributed by atoms with van der Waals surface area (Å²) < 4.78 is 2.81. The standard InChI is InChI=1S/C13H21BrN2O2S/c1-4-5-16-7-10(14)6-11(16)12(17)15-8-13(2,18)9-19-3/h6-7,18H,4-5,8-9H2,1-3H3,(H,15,17). The van der Waals surface area contributed by atoms with Gasteiger partial charge in [0.2, 0.25) is 0 Å². The van der Waals surface area contributed by atoms with Gasteiger partial charge in [-0.15, -0.1) is 0 Å². The molecule has 0 aliphatic heterocycles. The maximum Gasteiger partial charge on any atom is 0.268 e. The van der Waals surface area contributed by atoms with Gasteiger partial charge in [-0.25, -0.2) is 0 Å². The number of halogens is 1. The van der Waals surface area contributed by atoms with Crippen LogP contribution in [0.3, 0.4) is 0 Å². The molecule has 2 N–H and O–H groups in total. The zero-order valence-corrected chi connectivity index (χ0v) is 14.0. The van der Waals surface area contributed by atoms with Crippen molar-refractivity contribution in [3.63, 3.8) is 0 Å². The van der Waals surface area contributed by atoms with Crippen LogP contribution in [0.4, 0.5) is 0 Å². The molecule has 6 heteroatoms. The second-order valence-corrected chi connectivity index (χ2v) is 6.63. The third-order valence-electron chi connectivity index (χ3n) is 2.65. The van der Waals surface area contributed by atoms with Crippen LogP contribution in [0.2, 0.25) is 0 Å². The summed E-state index contributed by atoms with van der Waals surface area (Å²) in [6, 6.07) is 1.80. The van der Waals surface area contributed by atoms with Crippen molar-refractivity contribution >= 4 is 33.6 Å². The van der Waals surface area contributed by atoms with Crippen LogP contribution in [0.25, 0.3) is 0 Å². The van der Waals surface area contributed by atoms with E-state index in [-0.39, 0.29) is 12.5 Å². The summed E-state index contributed by atoms with van der Waals surface area (Å²) >= 11 is 4.94. The summed E-state index contributed by atoms with van der Waals surface area (Å²) in [6.45, 7) is 4.85. The summed E-state index contributed by atoms with van der Waals surface area (Å²) in [5.74, 6) is 0.438. The van der Waals surface area contributed by atoms with Crippen LogP contribution in [0.5, 0.6) is 0 Å². The molecule has 0 aliphatic carbocycles. The number of aryl methyl sites for hydroxylation is 1. The minimum atomic E-state index is -0.880. The van der Waals surface area contributed by atoms with Gasteiger partial charge in [0.25, 0.3) is 5.91 Å². The Kier molecular flexibility index (Phi) is 6.42. The molecule has 0 saturated heterocycles. The van der Waals surface area contributed by atoms with E-state index in [1.807, 2.05) is 17.0 Å². The summed E-state index contributed by atoms with van der Waals surface area (Å²) in [5, 5.41) is 12.8. The fourth-order valence-corrected chi connectivity index (χ4v) is 3.00. The normalized spacial score (nSPS) is 14.2. The molecule has 1 rings (SSSR count). The molecule has 0 aromatic carbocycles. The number of nitrogens with zero attached hydrogens (tertiary/aromatic N) is 1. The van der Waals surface area contributed by atoms with E-state index in [2.05, 4.69) is 28.2 Å². The van der Waals surface area contributed by atoms with E-state index < -0.39 is 5.60 Å². The van der Waals surface area contributed by atoms with Crippen molar-refractivity contribution in [2.75, 3.05) is 18.6 Å². The first-order valence-corrected chi connectivity index (χ1v) is 8.43. The lowest BCUT2D eigenvalue weighted by Crippen LogP contribution is -2.42. The second kappa shape index (κ2) is 7.36. The first-order valence-electron chi connectivity index (χ1n) is 6.25. The minimum Gasteiger partial charge on any atom is -0.387 e. The number of carbonyl (C=O) groups excluding carboxylic acids is 1. The predicted octanol–water partition coefficient (Wildman–Crippen LogP) is 2.50. The van der Waals surface area contributed by atoms with E-state index >= 15 is 0 Å². The molecule has 0 spiro atoms. The number of amides is 1. The Balaban J connectivity index is 2.68. The first-order chi connectivity index (χ1) is 8.89. The fraction of sp³-hybridized carbons (Fsp3) is 0.615. The molecule has 1 heterocycles. The molecule has 0 bridgehead atoms. The Bertz CT molecular complexity index is 432. The maximum atomic E-state index is 12.1. The number of nitrogens with one attached hydrogen (secondary N) is 1. The maximum absolute atomic E-state index is 12.1. The average molecular weight is 349 g/mol. The smallest absolute Gasteiger partial charge is 0.268 e. The topological polar surface area (TPSA) is 54.3 Å². The average Bonchev–Trinajstić information content (AvgIpc) is 2.68. The molecule has 0 radical (unpaired) electrons. The Morgan fingerprint density at radius 2 is 2.32 bits per heavy atom. The van der Waals surface area contributed by atoms with Crippen molar-refractivity contribution in [1.82, 2.24) is 9.88 Å². The number of aromatic nitrogens is 1. The Labute approximate surface area is 127 Å². The Morgan fingerprint density at radius 1 is 1.63 bits per heavy atom. The van der Waals surface area contributed by atoms with E-state index in [0.717, 1.165) is 17.4 Å². The Hall–Kier alpha value is -0.460. The molecule has 0 aliphatic rings. The van der Waals surface area contributed by atoms with Crippen molar-refractivity contribution in [2.45, 2.75) is 32.4 Å². The van der Waals surface area contributed by atoms with E-state index in [0.29, 0.717) is 11.4 Å². The molecule has 0 saturated carbocycles. The number of thioether (sulfide) groups is 1. The predicted molar refractivity (Wildman–Crippen MR) is 83.8 cm³/mol. The van der Waals surface area contributed by atoms with Crippen LogP contribution in [-0.4, -0.2) is 39.7 Å². The molecule has 1 aromatic heterocycles. The van der Waals surface area contributed by atoms with Crippen LogP contribution < -0.4 is 5.32 Å². The highest BCUT2D eigenvalue weighted by molar-refractivity contribution is 9.10. The van der Waals surface area contributed by atoms with Crippen molar-refractivity contribution in [3.05, 3.63) is 22.4 Å². The summed E-state index contributed by atoms with van der Waals surface area (Å²) in [4.78, 5) is 12.1. The summed E-state index contributed by atoms with van der Waals surface area (Å²) in [7, 11) is 0. The third-order valence-corrected chi connectivity index (χ3v) is 3.99. The van der Waals surface area contributed by atoms with Crippen LogP contribution in [0.1, 0.15) is 30.8 Å². The van der Waals surface area contributed by atoms with Gasteiger partial charge in [-0.3, -0.25) is 4.79 Å². The van der Waals surface area contributed by atoms with Gasteiger partial charge in [0.05, 0.1) is 5.60 Å². The molecule has 1 amide bonds. The molecule has 1 unspecified atom stereocenters. The molecule has 0 fully saturated rings. The van der Waals surface area contributed by atoms with Gasteiger partial charge in [-0.1, -0.05) is 6.92 Å². The molecule has 19 heavy (non-hydrogen) atoms. The molecule has 4 nitrogen and oxygen atoms in total. The van der Waals surface area contributed by atoms with Crippen molar-refractivity contribution < 1.29 is 9.90 Å². The lowest BCUT2D eigenvalue weighted by atomic mass is 10.1. The van der Waals surface area contributed by atoms with E-state index in [1.54, 1.807) is 24.8 Å². The summed E-state index contributed by atoms with van der Waals surface area (Å²) in [5.41, 5.74) is -0.261. The first kappa shape index (κ1) is 16.6. The zero-order valence-electron chi connectivity index (χ0n) is 11.6. The number of hydrogen-bond donors (Lipinski definition) is 2. The van der Waals surface area contributed by atoms with Gasteiger partial charge in [0, 0.05) is 29.5 Å². The largest absolute Gasteiger partial charge is 0.387 e. The highest BCUT2D eigenvalue weighted by Gasteiger charge is 2.21. The second-order valence-electron chi connectivity index (χ2n) is 4.85. The number of carbonyl (C=O) groups is 1. The Morgan fingerprint density at radius 3 is 2.89 bits per heavy atom. The SMILES string of the molecule is CCCn1cc(Br)cc1C(=O)NCC(C)(O)CSC. The van der Waals surface area contributed by atoms with E-state index in [1.165, 1.54) is 0 Å². The molecular weight excluding hydrogens is 328 g/mol. The lowest BCUT2D eigenvalue weighted by molar-refractivity contribution is 0.0720. The van der Waals surface area contributed by atoms with Crippen molar-refractivity contribution in [1.29, 1.82) is 0 Å². The molecular formula is C13H21BrN2O2S. The molecule has 1 aromatic rings. The van der Waals surface area contributed by atoms with Gasteiger partial charge in [-0.2, -0.15) is 11.8 Å². The van der Waals surface area contributed by atoms with E-state index in [9.17, 15) is 9.90 Å². The van der Waals surface area contributed by atoms with Crippen molar-refractivity contribution in [3.8, 4) is 0 Å². The van der Waals surface area contributed by atoms with E-state index in [4.69, 9.17) is 0 Å².